The Morgan fingerprint density at radius 3 is 2.86 bits per heavy atom. The Bertz CT molecular complexity index is 579. The van der Waals surface area contributed by atoms with Gasteiger partial charge in [-0.1, -0.05) is 11.6 Å². The summed E-state index contributed by atoms with van der Waals surface area (Å²) in [5.41, 5.74) is 0.284. The number of hydrogen-bond acceptors (Lipinski definition) is 4. The van der Waals surface area contributed by atoms with Gasteiger partial charge >= 0.3 is 11.8 Å². The molecule has 0 unspecified atom stereocenters. The average Bonchev–Trinajstić information content (AvgIpc) is 2.91. The molecule has 118 valence electrons. The second-order valence-corrected chi connectivity index (χ2v) is 5.25. The fraction of sp³-hybridized carbons (Fsp3) is 0.429. The van der Waals surface area contributed by atoms with Crippen LogP contribution in [0.5, 0.6) is 0 Å². The molecule has 0 aromatic carbocycles. The zero-order valence-corrected chi connectivity index (χ0v) is 12.7. The number of rotatable bonds is 5. The van der Waals surface area contributed by atoms with Gasteiger partial charge in [-0.05, 0) is 25.0 Å². The first-order valence-electron chi connectivity index (χ1n) is 7.05. The maximum atomic E-state index is 11.7. The Labute approximate surface area is 133 Å². The van der Waals surface area contributed by atoms with E-state index in [1.165, 1.54) is 6.20 Å². The monoisotopic (exact) mass is 324 g/mol. The molecular formula is C14H17ClN4O3. The molecule has 0 radical (unpaired) electrons. The van der Waals surface area contributed by atoms with Gasteiger partial charge in [0.2, 0.25) is 5.91 Å². The molecule has 0 saturated carbocycles. The molecule has 8 heteroatoms. The fourth-order valence-electron chi connectivity index (χ4n) is 2.15. The lowest BCUT2D eigenvalue weighted by molar-refractivity contribution is -0.136. The highest BCUT2D eigenvalue weighted by atomic mass is 35.5. The molecule has 1 aromatic heterocycles. The number of amides is 3. The SMILES string of the molecule is O=C(NCCCN1CCCC1=O)C(=O)Nc1cccnc1Cl. The smallest absolute Gasteiger partial charge is 0.313 e. The fourth-order valence-corrected chi connectivity index (χ4v) is 2.32. The summed E-state index contributed by atoms with van der Waals surface area (Å²) in [5.74, 6) is -1.39. The van der Waals surface area contributed by atoms with E-state index >= 15 is 0 Å². The first-order valence-corrected chi connectivity index (χ1v) is 7.43. The Kier molecular flexibility index (Phi) is 5.71. The molecule has 1 aromatic rings. The minimum Gasteiger partial charge on any atom is -0.348 e. The molecule has 1 aliphatic rings. The number of nitrogens with zero attached hydrogens (tertiary/aromatic N) is 2. The van der Waals surface area contributed by atoms with Crippen LogP contribution in [-0.2, 0) is 14.4 Å². The lowest BCUT2D eigenvalue weighted by atomic mass is 10.3. The normalized spacial score (nSPS) is 14.0. The Hall–Kier alpha value is -2.15. The number of nitrogens with one attached hydrogen (secondary N) is 2. The highest BCUT2D eigenvalue weighted by Gasteiger charge is 2.19. The summed E-state index contributed by atoms with van der Waals surface area (Å²) in [6.45, 7) is 1.69. The maximum Gasteiger partial charge on any atom is 0.313 e. The third-order valence-electron chi connectivity index (χ3n) is 3.28. The third-order valence-corrected chi connectivity index (χ3v) is 3.58. The number of carbonyl (C=O) groups excluding carboxylic acids is 3. The molecule has 1 saturated heterocycles. The number of aromatic nitrogens is 1. The lowest BCUT2D eigenvalue weighted by Gasteiger charge is -2.15. The lowest BCUT2D eigenvalue weighted by Crippen LogP contribution is -2.37. The second-order valence-electron chi connectivity index (χ2n) is 4.89. The van der Waals surface area contributed by atoms with Gasteiger partial charge in [-0.2, -0.15) is 0 Å². The van der Waals surface area contributed by atoms with Gasteiger partial charge in [0, 0.05) is 32.3 Å². The Morgan fingerprint density at radius 2 is 2.18 bits per heavy atom. The number of pyridine rings is 1. The Balaban J connectivity index is 1.69. The summed E-state index contributed by atoms with van der Waals surface area (Å²) < 4.78 is 0. The van der Waals surface area contributed by atoms with Crippen LogP contribution in [0.3, 0.4) is 0 Å². The first kappa shape index (κ1) is 16.2. The minimum absolute atomic E-state index is 0.121. The summed E-state index contributed by atoms with van der Waals surface area (Å²) in [7, 11) is 0. The van der Waals surface area contributed by atoms with Gasteiger partial charge in [0.25, 0.3) is 0 Å². The molecule has 2 heterocycles. The van der Waals surface area contributed by atoms with Crippen molar-refractivity contribution >= 4 is 35.0 Å². The van der Waals surface area contributed by atoms with Crippen LogP contribution < -0.4 is 10.6 Å². The van der Waals surface area contributed by atoms with Crippen LogP contribution in [0.2, 0.25) is 5.15 Å². The van der Waals surface area contributed by atoms with Crippen molar-refractivity contribution in [2.45, 2.75) is 19.3 Å². The van der Waals surface area contributed by atoms with Crippen molar-refractivity contribution in [2.75, 3.05) is 25.0 Å². The average molecular weight is 325 g/mol. The second kappa shape index (κ2) is 7.74. The van der Waals surface area contributed by atoms with Gasteiger partial charge in [-0.25, -0.2) is 4.98 Å². The highest BCUT2D eigenvalue weighted by Crippen LogP contribution is 2.17. The topological polar surface area (TPSA) is 91.4 Å². The van der Waals surface area contributed by atoms with Crippen molar-refractivity contribution in [3.63, 3.8) is 0 Å². The number of hydrogen-bond donors (Lipinski definition) is 2. The van der Waals surface area contributed by atoms with Crippen LogP contribution >= 0.6 is 11.6 Å². The van der Waals surface area contributed by atoms with Gasteiger partial charge in [-0.15, -0.1) is 0 Å². The van der Waals surface area contributed by atoms with E-state index in [2.05, 4.69) is 15.6 Å². The molecule has 0 aliphatic carbocycles. The molecule has 0 bridgehead atoms. The van der Waals surface area contributed by atoms with E-state index in [9.17, 15) is 14.4 Å². The van der Waals surface area contributed by atoms with Crippen LogP contribution in [0.15, 0.2) is 18.3 Å². The zero-order chi connectivity index (χ0) is 15.9. The van der Waals surface area contributed by atoms with E-state index in [-0.39, 0.29) is 16.7 Å². The molecule has 22 heavy (non-hydrogen) atoms. The van der Waals surface area contributed by atoms with Crippen LogP contribution in [-0.4, -0.2) is 47.2 Å². The highest BCUT2D eigenvalue weighted by molar-refractivity contribution is 6.41. The summed E-state index contributed by atoms with van der Waals surface area (Å²) in [5, 5.41) is 5.02. The number of anilines is 1. The predicted molar refractivity (Wildman–Crippen MR) is 81.3 cm³/mol. The zero-order valence-electron chi connectivity index (χ0n) is 12.0. The van der Waals surface area contributed by atoms with Crippen molar-refractivity contribution < 1.29 is 14.4 Å². The molecule has 7 nitrogen and oxygen atoms in total. The molecule has 1 fully saturated rings. The minimum atomic E-state index is -0.799. The van der Waals surface area contributed by atoms with E-state index in [0.717, 1.165) is 13.0 Å². The molecule has 0 spiro atoms. The number of halogens is 1. The van der Waals surface area contributed by atoms with E-state index in [4.69, 9.17) is 11.6 Å². The number of likely N-dealkylation sites (tertiary alicyclic amines) is 1. The van der Waals surface area contributed by atoms with Gasteiger partial charge in [-0.3, -0.25) is 14.4 Å². The van der Waals surface area contributed by atoms with E-state index < -0.39 is 11.8 Å². The van der Waals surface area contributed by atoms with Crippen molar-refractivity contribution in [3.8, 4) is 0 Å². The van der Waals surface area contributed by atoms with Gasteiger partial charge < -0.3 is 15.5 Å². The first-order chi connectivity index (χ1) is 10.6. The molecule has 0 atom stereocenters. The van der Waals surface area contributed by atoms with Gasteiger partial charge in [0.1, 0.15) is 0 Å². The van der Waals surface area contributed by atoms with Crippen molar-refractivity contribution in [2.24, 2.45) is 0 Å². The summed E-state index contributed by atoms with van der Waals surface area (Å²) >= 11 is 5.79. The molecule has 3 amide bonds. The van der Waals surface area contributed by atoms with Crippen LogP contribution in [0.25, 0.3) is 0 Å². The summed E-state index contributed by atoms with van der Waals surface area (Å²) in [4.78, 5) is 40.3. The van der Waals surface area contributed by atoms with Crippen LogP contribution in [0.4, 0.5) is 5.69 Å². The molecule has 2 N–H and O–H groups in total. The van der Waals surface area contributed by atoms with Crippen molar-refractivity contribution in [1.82, 2.24) is 15.2 Å². The number of carbonyl (C=O) groups is 3. The molecular weight excluding hydrogens is 308 g/mol. The Morgan fingerprint density at radius 1 is 1.36 bits per heavy atom. The third kappa shape index (κ3) is 4.42. The van der Waals surface area contributed by atoms with E-state index in [0.29, 0.717) is 25.9 Å². The maximum absolute atomic E-state index is 11.7. The van der Waals surface area contributed by atoms with E-state index in [1.54, 1.807) is 17.0 Å². The molecule has 1 aliphatic heterocycles. The van der Waals surface area contributed by atoms with Crippen molar-refractivity contribution in [3.05, 3.63) is 23.5 Å². The summed E-state index contributed by atoms with van der Waals surface area (Å²) in [6.07, 6.45) is 3.58. The van der Waals surface area contributed by atoms with Crippen molar-refractivity contribution in [1.29, 1.82) is 0 Å². The van der Waals surface area contributed by atoms with Crippen LogP contribution in [0, 0.1) is 0 Å². The quantitative estimate of drug-likeness (QED) is 0.476. The van der Waals surface area contributed by atoms with Gasteiger partial charge in [0.15, 0.2) is 5.15 Å². The van der Waals surface area contributed by atoms with E-state index in [1.807, 2.05) is 0 Å². The molecule has 2 rings (SSSR count). The largest absolute Gasteiger partial charge is 0.348 e. The van der Waals surface area contributed by atoms with Crippen LogP contribution in [0.1, 0.15) is 19.3 Å². The summed E-state index contributed by atoms with van der Waals surface area (Å²) in [6, 6.07) is 3.16. The predicted octanol–water partition coefficient (Wildman–Crippen LogP) is 0.802. The van der Waals surface area contributed by atoms with Gasteiger partial charge in [0.05, 0.1) is 5.69 Å². The standard InChI is InChI=1S/C14H17ClN4O3/c15-12-10(4-1-6-16-12)18-14(22)13(21)17-7-3-9-19-8-2-5-11(19)20/h1,4,6H,2-3,5,7-9H2,(H,17,21)(H,18,22).